The van der Waals surface area contributed by atoms with Crippen LogP contribution in [-0.2, 0) is 0 Å². The Morgan fingerprint density at radius 3 is 1.76 bits per heavy atom. The highest BCUT2D eigenvalue weighted by molar-refractivity contribution is 5.72. The fourth-order valence-electron chi connectivity index (χ4n) is 2.73. The first-order valence-corrected chi connectivity index (χ1v) is 7.35. The maximum atomic E-state index is 5.27. The van der Waals surface area contributed by atoms with Crippen molar-refractivity contribution in [2.24, 2.45) is 0 Å². The normalized spacial score (nSPS) is 10.6. The predicted molar refractivity (Wildman–Crippen MR) is 91.1 cm³/mol. The Morgan fingerprint density at radius 1 is 0.762 bits per heavy atom. The van der Waals surface area contributed by atoms with Gasteiger partial charge in [-0.2, -0.15) is 0 Å². The van der Waals surface area contributed by atoms with Crippen LogP contribution < -0.4 is 10.1 Å². The molecule has 2 nitrogen and oxygen atoms in total. The zero-order valence-corrected chi connectivity index (χ0v) is 14.1. The number of hydrogen-bond donors (Lipinski definition) is 1. The molecule has 0 unspecified atom stereocenters. The van der Waals surface area contributed by atoms with Crippen molar-refractivity contribution >= 4 is 11.4 Å². The fourth-order valence-corrected chi connectivity index (χ4v) is 2.73. The van der Waals surface area contributed by atoms with Crippen LogP contribution in [0.25, 0.3) is 0 Å². The summed E-state index contributed by atoms with van der Waals surface area (Å²) in [5.41, 5.74) is 10.3. The van der Waals surface area contributed by atoms with Gasteiger partial charge in [0, 0.05) is 11.4 Å². The van der Waals surface area contributed by atoms with Gasteiger partial charge in [-0.1, -0.05) is 0 Å². The van der Waals surface area contributed by atoms with Crippen molar-refractivity contribution in [2.75, 3.05) is 12.4 Å². The first-order chi connectivity index (χ1) is 9.86. The van der Waals surface area contributed by atoms with Gasteiger partial charge in [-0.15, -0.1) is 0 Å². The van der Waals surface area contributed by atoms with Crippen LogP contribution in [0.3, 0.4) is 0 Å². The number of benzene rings is 2. The van der Waals surface area contributed by atoms with E-state index in [1.807, 2.05) is 6.07 Å². The molecule has 0 spiro atoms. The van der Waals surface area contributed by atoms with Crippen molar-refractivity contribution < 1.29 is 4.74 Å². The van der Waals surface area contributed by atoms with Crippen LogP contribution in [0.2, 0.25) is 0 Å². The van der Waals surface area contributed by atoms with Crippen molar-refractivity contribution in [3.63, 3.8) is 0 Å². The van der Waals surface area contributed by atoms with Crippen LogP contribution in [0.15, 0.2) is 18.2 Å². The van der Waals surface area contributed by atoms with E-state index in [9.17, 15) is 0 Å². The van der Waals surface area contributed by atoms with Crippen LogP contribution in [0.4, 0.5) is 11.4 Å². The van der Waals surface area contributed by atoms with Gasteiger partial charge in [-0.25, -0.2) is 0 Å². The van der Waals surface area contributed by atoms with Gasteiger partial charge in [0.25, 0.3) is 0 Å². The molecule has 0 atom stereocenters. The molecule has 2 rings (SSSR count). The third kappa shape index (κ3) is 2.76. The Labute approximate surface area is 128 Å². The predicted octanol–water partition coefficient (Wildman–Crippen LogP) is 5.29. The summed E-state index contributed by atoms with van der Waals surface area (Å²) in [5.74, 6) is 0.891. The second-order valence-corrected chi connectivity index (χ2v) is 5.81. The fraction of sp³-hybridized carbons (Fsp3) is 0.368. The molecule has 2 aromatic rings. The smallest absolute Gasteiger partial charge is 0.119 e. The summed E-state index contributed by atoms with van der Waals surface area (Å²) in [6, 6.07) is 6.13. The highest BCUT2D eigenvalue weighted by atomic mass is 16.5. The third-order valence-corrected chi connectivity index (χ3v) is 4.69. The minimum Gasteiger partial charge on any atom is -0.497 e. The van der Waals surface area contributed by atoms with E-state index in [-0.39, 0.29) is 0 Å². The standard InChI is InChI=1S/C19H25NO/c1-11-10-17(21-7)8-9-18(11)20-19-15(5)13(3)12(2)14(4)16(19)6/h8-10,20H,1-7H3. The van der Waals surface area contributed by atoms with E-state index >= 15 is 0 Å². The first-order valence-electron chi connectivity index (χ1n) is 7.35. The molecule has 21 heavy (non-hydrogen) atoms. The molecule has 0 saturated heterocycles. The highest BCUT2D eigenvalue weighted by Crippen LogP contribution is 2.33. The van der Waals surface area contributed by atoms with Gasteiger partial charge < -0.3 is 10.1 Å². The van der Waals surface area contributed by atoms with Crippen molar-refractivity contribution in [3.05, 3.63) is 51.6 Å². The van der Waals surface area contributed by atoms with Crippen molar-refractivity contribution in [1.82, 2.24) is 0 Å². The number of nitrogens with one attached hydrogen (secondary N) is 1. The Bertz CT molecular complexity index is 657. The van der Waals surface area contributed by atoms with Crippen molar-refractivity contribution in [3.8, 4) is 5.75 Å². The van der Waals surface area contributed by atoms with Crippen LogP contribution >= 0.6 is 0 Å². The number of methoxy groups -OCH3 is 1. The molecule has 112 valence electrons. The molecular weight excluding hydrogens is 258 g/mol. The topological polar surface area (TPSA) is 21.3 Å². The molecule has 0 aromatic heterocycles. The molecule has 0 radical (unpaired) electrons. The molecule has 1 N–H and O–H groups in total. The molecule has 0 heterocycles. The molecule has 2 aromatic carbocycles. The molecule has 2 heteroatoms. The van der Waals surface area contributed by atoms with Crippen LogP contribution in [0, 0.1) is 41.5 Å². The number of anilines is 2. The number of rotatable bonds is 3. The highest BCUT2D eigenvalue weighted by Gasteiger charge is 2.13. The zero-order chi connectivity index (χ0) is 15.7. The number of hydrogen-bond acceptors (Lipinski definition) is 2. The lowest BCUT2D eigenvalue weighted by Crippen LogP contribution is -2.04. The number of ether oxygens (including phenoxy) is 1. The lowest BCUT2D eigenvalue weighted by atomic mass is 9.93. The molecule has 0 aliphatic rings. The van der Waals surface area contributed by atoms with E-state index in [2.05, 4.69) is 59.0 Å². The molecular formula is C19H25NO. The minimum atomic E-state index is 0.891. The van der Waals surface area contributed by atoms with E-state index in [4.69, 9.17) is 4.74 Å². The zero-order valence-electron chi connectivity index (χ0n) is 14.1. The van der Waals surface area contributed by atoms with Gasteiger partial charge in [0.15, 0.2) is 0 Å². The van der Waals surface area contributed by atoms with Gasteiger partial charge in [0.2, 0.25) is 0 Å². The molecule has 0 aliphatic carbocycles. The van der Waals surface area contributed by atoms with E-state index in [1.165, 1.54) is 39.1 Å². The summed E-state index contributed by atoms with van der Waals surface area (Å²) >= 11 is 0. The Morgan fingerprint density at radius 2 is 1.29 bits per heavy atom. The third-order valence-electron chi connectivity index (χ3n) is 4.69. The van der Waals surface area contributed by atoms with Gasteiger partial charge in [0.1, 0.15) is 5.75 Å². The number of aryl methyl sites for hydroxylation is 1. The van der Waals surface area contributed by atoms with Crippen molar-refractivity contribution in [2.45, 2.75) is 41.5 Å². The van der Waals surface area contributed by atoms with Gasteiger partial charge in [0.05, 0.1) is 7.11 Å². The molecule has 0 aliphatic heterocycles. The summed E-state index contributed by atoms with van der Waals surface area (Å²) < 4.78 is 5.27. The molecule has 0 saturated carbocycles. The van der Waals surface area contributed by atoms with E-state index in [1.54, 1.807) is 7.11 Å². The quantitative estimate of drug-likeness (QED) is 0.826. The maximum Gasteiger partial charge on any atom is 0.119 e. The molecule has 0 fully saturated rings. The van der Waals surface area contributed by atoms with Crippen LogP contribution in [-0.4, -0.2) is 7.11 Å². The van der Waals surface area contributed by atoms with Gasteiger partial charge >= 0.3 is 0 Å². The Balaban J connectivity index is 2.50. The van der Waals surface area contributed by atoms with Crippen LogP contribution in [0.1, 0.15) is 33.4 Å². The van der Waals surface area contributed by atoms with Crippen molar-refractivity contribution in [1.29, 1.82) is 0 Å². The maximum absolute atomic E-state index is 5.27. The summed E-state index contributed by atoms with van der Waals surface area (Å²) in [5, 5.41) is 3.61. The average Bonchev–Trinajstić information content (AvgIpc) is 2.48. The first kappa shape index (κ1) is 15.4. The van der Waals surface area contributed by atoms with E-state index in [0.29, 0.717) is 0 Å². The average molecular weight is 283 g/mol. The van der Waals surface area contributed by atoms with Gasteiger partial charge in [-0.05, 0) is 93.1 Å². The lowest BCUT2D eigenvalue weighted by Gasteiger charge is -2.21. The summed E-state index contributed by atoms with van der Waals surface area (Å²) in [7, 11) is 1.70. The van der Waals surface area contributed by atoms with Gasteiger partial charge in [-0.3, -0.25) is 0 Å². The summed E-state index contributed by atoms with van der Waals surface area (Å²) in [6.45, 7) is 13.1. The Hall–Kier alpha value is -1.96. The largest absolute Gasteiger partial charge is 0.497 e. The summed E-state index contributed by atoms with van der Waals surface area (Å²) in [6.07, 6.45) is 0. The van der Waals surface area contributed by atoms with E-state index < -0.39 is 0 Å². The Kier molecular flexibility index (Phi) is 4.26. The summed E-state index contributed by atoms with van der Waals surface area (Å²) in [4.78, 5) is 0. The SMILES string of the molecule is COc1ccc(Nc2c(C)c(C)c(C)c(C)c2C)c(C)c1. The minimum absolute atomic E-state index is 0.891. The lowest BCUT2D eigenvalue weighted by molar-refractivity contribution is 0.414. The molecule has 0 bridgehead atoms. The molecule has 0 amide bonds. The second kappa shape index (κ2) is 5.80. The second-order valence-electron chi connectivity index (χ2n) is 5.81. The van der Waals surface area contributed by atoms with E-state index in [0.717, 1.165) is 11.4 Å². The van der Waals surface area contributed by atoms with Crippen LogP contribution in [0.5, 0.6) is 5.75 Å². The monoisotopic (exact) mass is 283 g/mol.